The van der Waals surface area contributed by atoms with Crippen molar-refractivity contribution in [1.29, 1.82) is 0 Å². The lowest BCUT2D eigenvalue weighted by molar-refractivity contribution is 0.0685. The average molecular weight is 243 g/mol. The molecule has 0 aromatic carbocycles. The number of carbonyl (C=O) groups is 1. The maximum absolute atomic E-state index is 10.8. The number of rotatable bonds is 2. The van der Waals surface area contributed by atoms with E-state index in [0.29, 0.717) is 10.7 Å². The van der Waals surface area contributed by atoms with Crippen molar-refractivity contribution in [2.24, 2.45) is 7.05 Å². The van der Waals surface area contributed by atoms with E-state index in [9.17, 15) is 4.79 Å². The highest BCUT2D eigenvalue weighted by atomic mass is 35.5. The SMILES string of the molecule is Cn1nc(-c2sccc2Cl)cc1C(=O)O. The van der Waals surface area contributed by atoms with Crippen molar-refractivity contribution in [2.75, 3.05) is 0 Å². The smallest absolute Gasteiger partial charge is 0.354 e. The summed E-state index contributed by atoms with van der Waals surface area (Å²) in [4.78, 5) is 11.6. The van der Waals surface area contributed by atoms with Crippen LogP contribution in [0, 0.1) is 0 Å². The zero-order chi connectivity index (χ0) is 11.0. The molecule has 2 aromatic heterocycles. The third-order valence-corrected chi connectivity index (χ3v) is 3.31. The monoisotopic (exact) mass is 242 g/mol. The van der Waals surface area contributed by atoms with Crippen molar-refractivity contribution in [2.45, 2.75) is 0 Å². The number of aryl methyl sites for hydroxylation is 1. The quantitative estimate of drug-likeness (QED) is 0.880. The minimum Gasteiger partial charge on any atom is -0.477 e. The lowest BCUT2D eigenvalue weighted by Crippen LogP contribution is -2.04. The topological polar surface area (TPSA) is 55.1 Å². The van der Waals surface area contributed by atoms with Crippen LogP contribution in [0.1, 0.15) is 10.5 Å². The molecule has 0 radical (unpaired) electrons. The fraction of sp³-hybridized carbons (Fsp3) is 0.111. The van der Waals surface area contributed by atoms with E-state index in [1.165, 1.54) is 22.1 Å². The van der Waals surface area contributed by atoms with Gasteiger partial charge in [-0.2, -0.15) is 5.10 Å². The second-order valence-corrected chi connectivity index (χ2v) is 4.26. The minimum absolute atomic E-state index is 0.148. The van der Waals surface area contributed by atoms with Crippen LogP contribution in [0.25, 0.3) is 10.6 Å². The van der Waals surface area contributed by atoms with Crippen LogP contribution >= 0.6 is 22.9 Å². The van der Waals surface area contributed by atoms with Crippen molar-refractivity contribution in [3.05, 3.63) is 28.2 Å². The Kier molecular flexibility index (Phi) is 2.50. The lowest BCUT2D eigenvalue weighted by Gasteiger charge is -1.91. The molecular formula is C9H7ClN2O2S. The summed E-state index contributed by atoms with van der Waals surface area (Å²) in [6.45, 7) is 0. The lowest BCUT2D eigenvalue weighted by atomic mass is 10.3. The Labute approximate surface area is 94.7 Å². The molecule has 0 aliphatic carbocycles. The summed E-state index contributed by atoms with van der Waals surface area (Å²) in [6.07, 6.45) is 0. The van der Waals surface area contributed by atoms with Gasteiger partial charge in [0.15, 0.2) is 0 Å². The normalized spacial score (nSPS) is 10.5. The molecule has 0 bridgehead atoms. The van der Waals surface area contributed by atoms with Crippen LogP contribution in [0.2, 0.25) is 5.02 Å². The van der Waals surface area contributed by atoms with Crippen LogP contribution in [-0.4, -0.2) is 20.9 Å². The number of halogens is 1. The van der Waals surface area contributed by atoms with Crippen molar-refractivity contribution in [1.82, 2.24) is 9.78 Å². The largest absolute Gasteiger partial charge is 0.477 e. The van der Waals surface area contributed by atoms with Gasteiger partial charge in [0.05, 0.1) is 9.90 Å². The summed E-state index contributed by atoms with van der Waals surface area (Å²) < 4.78 is 1.33. The van der Waals surface area contributed by atoms with Gasteiger partial charge in [-0.1, -0.05) is 11.6 Å². The summed E-state index contributed by atoms with van der Waals surface area (Å²) in [5, 5.41) is 15.4. The first-order valence-corrected chi connectivity index (χ1v) is 5.36. The molecule has 0 aliphatic heterocycles. The first kappa shape index (κ1) is 10.2. The van der Waals surface area contributed by atoms with E-state index < -0.39 is 5.97 Å². The summed E-state index contributed by atoms with van der Waals surface area (Å²) in [5.41, 5.74) is 0.740. The molecule has 2 rings (SSSR count). The van der Waals surface area contributed by atoms with Gasteiger partial charge in [0, 0.05) is 7.05 Å². The molecule has 6 heteroatoms. The van der Waals surface area contributed by atoms with Crippen LogP contribution < -0.4 is 0 Å². The van der Waals surface area contributed by atoms with Crippen molar-refractivity contribution < 1.29 is 9.90 Å². The summed E-state index contributed by atoms with van der Waals surface area (Å²) in [7, 11) is 1.59. The highest BCUT2D eigenvalue weighted by molar-refractivity contribution is 7.14. The number of hydrogen-bond acceptors (Lipinski definition) is 3. The number of aromatic nitrogens is 2. The fourth-order valence-corrected chi connectivity index (χ4v) is 2.36. The standard InChI is InChI=1S/C9H7ClN2O2S/c1-12-7(9(13)14)4-6(11-12)8-5(10)2-3-15-8/h2-4H,1H3,(H,13,14). The molecule has 0 aliphatic rings. The van der Waals surface area contributed by atoms with Crippen LogP contribution in [-0.2, 0) is 7.05 Å². The molecule has 0 atom stereocenters. The Morgan fingerprint density at radius 2 is 2.40 bits per heavy atom. The van der Waals surface area contributed by atoms with Crippen molar-refractivity contribution in [3.63, 3.8) is 0 Å². The molecule has 0 saturated carbocycles. The highest BCUT2D eigenvalue weighted by Gasteiger charge is 2.15. The van der Waals surface area contributed by atoms with E-state index in [2.05, 4.69) is 5.10 Å². The maximum Gasteiger partial charge on any atom is 0.354 e. The summed E-state index contributed by atoms with van der Waals surface area (Å²) in [6, 6.07) is 3.27. The first-order chi connectivity index (χ1) is 7.09. The number of carboxylic acids is 1. The Morgan fingerprint density at radius 1 is 1.67 bits per heavy atom. The van der Waals surface area contributed by atoms with E-state index in [1.807, 2.05) is 5.38 Å². The van der Waals surface area contributed by atoms with E-state index in [1.54, 1.807) is 13.1 Å². The molecule has 0 saturated heterocycles. The summed E-state index contributed by atoms with van der Waals surface area (Å²) in [5.74, 6) is -0.996. The predicted octanol–water partition coefficient (Wildman–Crippen LogP) is 2.50. The molecular weight excluding hydrogens is 236 g/mol. The van der Waals surface area contributed by atoms with E-state index in [0.717, 1.165) is 4.88 Å². The fourth-order valence-electron chi connectivity index (χ4n) is 1.25. The van der Waals surface area contributed by atoms with Gasteiger partial charge in [0.1, 0.15) is 11.4 Å². The van der Waals surface area contributed by atoms with Crippen LogP contribution in [0.15, 0.2) is 17.5 Å². The van der Waals surface area contributed by atoms with E-state index in [4.69, 9.17) is 16.7 Å². The van der Waals surface area contributed by atoms with Crippen molar-refractivity contribution in [3.8, 4) is 10.6 Å². The number of thiophene rings is 1. The zero-order valence-electron chi connectivity index (χ0n) is 7.77. The molecule has 0 spiro atoms. The van der Waals surface area contributed by atoms with Gasteiger partial charge in [-0.3, -0.25) is 4.68 Å². The predicted molar refractivity (Wildman–Crippen MR) is 58.5 cm³/mol. The van der Waals surface area contributed by atoms with Gasteiger partial charge < -0.3 is 5.11 Å². The number of nitrogens with zero attached hydrogens (tertiary/aromatic N) is 2. The molecule has 78 valence electrons. The third kappa shape index (κ3) is 1.75. The number of aromatic carboxylic acids is 1. The van der Waals surface area contributed by atoms with Crippen LogP contribution in [0.5, 0.6) is 0 Å². The Balaban J connectivity index is 2.52. The molecule has 4 nitrogen and oxygen atoms in total. The second-order valence-electron chi connectivity index (χ2n) is 2.94. The average Bonchev–Trinajstić information content (AvgIpc) is 2.71. The van der Waals surface area contributed by atoms with Crippen LogP contribution in [0.3, 0.4) is 0 Å². The van der Waals surface area contributed by atoms with Gasteiger partial charge in [0.2, 0.25) is 0 Å². The molecule has 0 amide bonds. The zero-order valence-corrected chi connectivity index (χ0v) is 9.34. The molecule has 1 N–H and O–H groups in total. The molecule has 2 heterocycles. The van der Waals surface area contributed by atoms with Gasteiger partial charge in [0.25, 0.3) is 0 Å². The Morgan fingerprint density at radius 3 is 2.87 bits per heavy atom. The number of carboxylic acid groups (broad SMARTS) is 1. The highest BCUT2D eigenvalue weighted by Crippen LogP contribution is 2.32. The summed E-state index contributed by atoms with van der Waals surface area (Å²) >= 11 is 7.36. The molecule has 2 aromatic rings. The third-order valence-electron chi connectivity index (χ3n) is 1.95. The van der Waals surface area contributed by atoms with Gasteiger partial charge in [-0.15, -0.1) is 11.3 Å². The van der Waals surface area contributed by atoms with Gasteiger partial charge >= 0.3 is 5.97 Å². The molecule has 0 unspecified atom stereocenters. The van der Waals surface area contributed by atoms with Crippen LogP contribution in [0.4, 0.5) is 0 Å². The van der Waals surface area contributed by atoms with Gasteiger partial charge in [-0.25, -0.2) is 4.79 Å². The molecule has 0 fully saturated rings. The minimum atomic E-state index is -0.996. The first-order valence-electron chi connectivity index (χ1n) is 4.10. The number of hydrogen-bond donors (Lipinski definition) is 1. The van der Waals surface area contributed by atoms with E-state index >= 15 is 0 Å². The Hall–Kier alpha value is -1.33. The van der Waals surface area contributed by atoms with Gasteiger partial charge in [-0.05, 0) is 17.5 Å². The van der Waals surface area contributed by atoms with E-state index in [-0.39, 0.29) is 5.69 Å². The second kappa shape index (κ2) is 3.67. The molecule has 15 heavy (non-hydrogen) atoms. The Bertz CT molecular complexity index is 518. The van der Waals surface area contributed by atoms with Crippen molar-refractivity contribution >= 4 is 28.9 Å². The maximum atomic E-state index is 10.8.